The van der Waals surface area contributed by atoms with Gasteiger partial charge in [-0.25, -0.2) is 5.48 Å². The Morgan fingerprint density at radius 3 is 2.76 bits per heavy atom. The minimum Gasteiger partial charge on any atom is -0.269 e. The van der Waals surface area contributed by atoms with Crippen molar-refractivity contribution in [3.63, 3.8) is 0 Å². The van der Waals surface area contributed by atoms with Gasteiger partial charge in [-0.1, -0.05) is 41.9 Å². The zero-order valence-corrected chi connectivity index (χ0v) is 12.6. The van der Waals surface area contributed by atoms with Crippen LogP contribution in [-0.4, -0.2) is 15.7 Å². The highest BCUT2D eigenvalue weighted by Crippen LogP contribution is 2.19. The van der Waals surface area contributed by atoms with Gasteiger partial charge in [0.05, 0.1) is 12.3 Å². The van der Waals surface area contributed by atoms with Gasteiger partial charge in [-0.15, -0.1) is 0 Å². The summed E-state index contributed by atoms with van der Waals surface area (Å²) in [6.45, 7) is 2.14. The van der Waals surface area contributed by atoms with Gasteiger partial charge in [0.15, 0.2) is 0 Å². The molecule has 5 nitrogen and oxygen atoms in total. The molecule has 1 aromatic carbocycles. The lowest BCUT2D eigenvalue weighted by Crippen LogP contribution is -2.21. The number of amides is 1. The van der Waals surface area contributed by atoms with E-state index in [0.29, 0.717) is 11.8 Å². The fourth-order valence-electron chi connectivity index (χ4n) is 1.79. The zero-order chi connectivity index (χ0) is 15.2. The molecule has 0 spiro atoms. The van der Waals surface area contributed by atoms with E-state index in [1.165, 1.54) is 6.08 Å². The van der Waals surface area contributed by atoms with Gasteiger partial charge in [-0.05, 0) is 18.6 Å². The normalized spacial score (nSPS) is 11.0. The predicted molar refractivity (Wildman–Crippen MR) is 81.4 cm³/mol. The van der Waals surface area contributed by atoms with Gasteiger partial charge < -0.3 is 0 Å². The average Bonchev–Trinajstić information content (AvgIpc) is 2.71. The first-order chi connectivity index (χ1) is 10.1. The number of hydrogen-bond acceptors (Lipinski definition) is 3. The molecule has 6 heteroatoms. The molecule has 0 aliphatic rings. The van der Waals surface area contributed by atoms with Gasteiger partial charge in [-0.3, -0.25) is 14.3 Å². The van der Waals surface area contributed by atoms with Crippen molar-refractivity contribution in [1.82, 2.24) is 15.3 Å². The summed E-state index contributed by atoms with van der Waals surface area (Å²) in [5, 5.41) is 4.65. The number of carbonyl (C=O) groups excluding carboxylic acids is 1. The summed E-state index contributed by atoms with van der Waals surface area (Å²) in [6, 6.07) is 9.58. The molecule has 0 atom stereocenters. The van der Waals surface area contributed by atoms with Crippen molar-refractivity contribution < 1.29 is 9.63 Å². The molecule has 1 aromatic heterocycles. The number of hydrogen-bond donors (Lipinski definition) is 1. The minimum atomic E-state index is -0.356. The Labute approximate surface area is 128 Å². The molecule has 0 bridgehead atoms. The third-order valence-corrected chi connectivity index (χ3v) is 3.30. The van der Waals surface area contributed by atoms with Crippen molar-refractivity contribution in [1.29, 1.82) is 0 Å². The van der Waals surface area contributed by atoms with Gasteiger partial charge in [-0.2, -0.15) is 5.10 Å². The van der Waals surface area contributed by atoms with Crippen molar-refractivity contribution in [2.24, 2.45) is 7.05 Å². The molecular formula is C15H16ClN3O2. The number of halogens is 1. The highest BCUT2D eigenvalue weighted by Gasteiger charge is 2.08. The van der Waals surface area contributed by atoms with Crippen molar-refractivity contribution in [3.8, 4) is 0 Å². The van der Waals surface area contributed by atoms with Gasteiger partial charge in [0.25, 0.3) is 5.91 Å². The van der Waals surface area contributed by atoms with Gasteiger partial charge >= 0.3 is 0 Å². The smallest absolute Gasteiger partial charge is 0.267 e. The Balaban J connectivity index is 1.86. The summed E-state index contributed by atoms with van der Waals surface area (Å²) in [6.07, 6.45) is 2.98. The molecule has 0 radical (unpaired) electrons. The van der Waals surface area contributed by atoms with Crippen LogP contribution in [0.4, 0.5) is 0 Å². The number of hydroxylamine groups is 1. The molecule has 110 valence electrons. The van der Waals surface area contributed by atoms with Gasteiger partial charge in [0.1, 0.15) is 5.15 Å². The fraction of sp³-hybridized carbons (Fsp3) is 0.200. The van der Waals surface area contributed by atoms with E-state index in [4.69, 9.17) is 16.4 Å². The summed E-state index contributed by atoms with van der Waals surface area (Å²) < 4.78 is 1.56. The largest absolute Gasteiger partial charge is 0.269 e. The molecule has 0 saturated heterocycles. The Morgan fingerprint density at radius 1 is 1.43 bits per heavy atom. The molecular weight excluding hydrogens is 290 g/mol. The first-order valence-corrected chi connectivity index (χ1v) is 6.78. The average molecular weight is 306 g/mol. The van der Waals surface area contributed by atoms with Crippen LogP contribution in [0.5, 0.6) is 0 Å². The lowest BCUT2D eigenvalue weighted by molar-refractivity contribution is -0.129. The van der Waals surface area contributed by atoms with E-state index in [0.717, 1.165) is 16.8 Å². The summed E-state index contributed by atoms with van der Waals surface area (Å²) in [5.74, 6) is -0.356. The maximum Gasteiger partial charge on any atom is 0.267 e. The number of aromatic nitrogens is 2. The number of benzene rings is 1. The molecule has 21 heavy (non-hydrogen) atoms. The standard InChI is InChI=1S/C15H16ClN3O2/c1-11-13(15(16)19(2)17-11)8-9-14(20)18-21-10-12-6-4-3-5-7-12/h3-9H,10H2,1-2H3,(H,18,20)/b9-8+. The quantitative estimate of drug-likeness (QED) is 0.682. The van der Waals surface area contributed by atoms with Crippen LogP contribution in [0.25, 0.3) is 6.08 Å². The maximum absolute atomic E-state index is 11.6. The van der Waals surface area contributed by atoms with Crippen LogP contribution in [0.15, 0.2) is 36.4 Å². The Bertz CT molecular complexity index is 650. The highest BCUT2D eigenvalue weighted by atomic mass is 35.5. The van der Waals surface area contributed by atoms with Crippen molar-refractivity contribution in [3.05, 3.63) is 58.4 Å². The molecule has 0 aliphatic heterocycles. The molecule has 0 aliphatic carbocycles. The minimum absolute atomic E-state index is 0.313. The zero-order valence-electron chi connectivity index (χ0n) is 11.8. The fourth-order valence-corrected chi connectivity index (χ4v) is 2.03. The second kappa shape index (κ2) is 7.06. The first kappa shape index (κ1) is 15.3. The summed E-state index contributed by atoms with van der Waals surface area (Å²) in [4.78, 5) is 16.8. The first-order valence-electron chi connectivity index (χ1n) is 6.41. The summed E-state index contributed by atoms with van der Waals surface area (Å²) in [5.41, 5.74) is 4.81. The van der Waals surface area contributed by atoms with E-state index in [2.05, 4.69) is 10.6 Å². The van der Waals surface area contributed by atoms with E-state index in [1.807, 2.05) is 37.3 Å². The van der Waals surface area contributed by atoms with Crippen LogP contribution in [0, 0.1) is 6.92 Å². The van der Waals surface area contributed by atoms with Crippen molar-refractivity contribution in [2.45, 2.75) is 13.5 Å². The van der Waals surface area contributed by atoms with Crippen molar-refractivity contribution >= 4 is 23.6 Å². The Hall–Kier alpha value is -2.11. The van der Waals surface area contributed by atoms with Gasteiger partial charge in [0, 0.05) is 18.7 Å². The number of aryl methyl sites for hydroxylation is 2. The van der Waals surface area contributed by atoms with Crippen LogP contribution in [0.3, 0.4) is 0 Å². The van der Waals surface area contributed by atoms with Crippen LogP contribution in [-0.2, 0) is 23.3 Å². The van der Waals surface area contributed by atoms with Crippen molar-refractivity contribution in [2.75, 3.05) is 0 Å². The van der Waals surface area contributed by atoms with E-state index in [-0.39, 0.29) is 5.91 Å². The molecule has 0 fully saturated rings. The Kier molecular flexibility index (Phi) is 5.14. The van der Waals surface area contributed by atoms with Crippen LogP contribution in [0.1, 0.15) is 16.8 Å². The van der Waals surface area contributed by atoms with E-state index in [9.17, 15) is 4.79 Å². The predicted octanol–water partition coefficient (Wildman–Crippen LogP) is 2.64. The molecule has 1 heterocycles. The number of nitrogens with zero attached hydrogens (tertiary/aromatic N) is 2. The molecule has 1 N–H and O–H groups in total. The SMILES string of the molecule is Cc1nn(C)c(Cl)c1/C=C/C(=O)NOCc1ccccc1. The topological polar surface area (TPSA) is 56.2 Å². The van der Waals surface area contributed by atoms with Crippen LogP contribution in [0.2, 0.25) is 5.15 Å². The maximum atomic E-state index is 11.6. The number of nitrogens with one attached hydrogen (secondary N) is 1. The third kappa shape index (κ3) is 4.18. The second-order valence-corrected chi connectivity index (χ2v) is 4.85. The monoisotopic (exact) mass is 305 g/mol. The molecule has 2 rings (SSSR count). The summed E-state index contributed by atoms with van der Waals surface area (Å²) in [7, 11) is 1.75. The lowest BCUT2D eigenvalue weighted by atomic mass is 10.2. The molecule has 2 aromatic rings. The third-order valence-electron chi connectivity index (χ3n) is 2.85. The van der Waals surface area contributed by atoms with Crippen LogP contribution >= 0.6 is 11.6 Å². The van der Waals surface area contributed by atoms with E-state index >= 15 is 0 Å². The molecule has 0 unspecified atom stereocenters. The molecule has 0 saturated carbocycles. The highest BCUT2D eigenvalue weighted by molar-refractivity contribution is 6.31. The second-order valence-electron chi connectivity index (χ2n) is 4.49. The number of carbonyl (C=O) groups is 1. The molecule has 1 amide bonds. The Morgan fingerprint density at radius 2 is 2.14 bits per heavy atom. The number of rotatable bonds is 5. The van der Waals surface area contributed by atoms with E-state index in [1.54, 1.807) is 17.8 Å². The summed E-state index contributed by atoms with van der Waals surface area (Å²) >= 11 is 6.07. The van der Waals surface area contributed by atoms with Gasteiger partial charge in [0.2, 0.25) is 0 Å². The van der Waals surface area contributed by atoms with Crippen LogP contribution < -0.4 is 5.48 Å². The lowest BCUT2D eigenvalue weighted by Gasteiger charge is -2.03. The van der Waals surface area contributed by atoms with E-state index < -0.39 is 0 Å².